The quantitative estimate of drug-likeness (QED) is 0.841. The molecule has 2 rings (SSSR count). The van der Waals surface area contributed by atoms with Crippen LogP contribution in [0.1, 0.15) is 18.4 Å². The van der Waals surface area contributed by atoms with Gasteiger partial charge in [-0.3, -0.25) is 9.59 Å². The number of ether oxygens (including phenoxy) is 2. The van der Waals surface area contributed by atoms with Crippen LogP contribution in [0, 0.1) is 0 Å². The molecule has 0 spiro atoms. The van der Waals surface area contributed by atoms with Crippen LogP contribution in [0.4, 0.5) is 13.2 Å². The number of carbonyl (C=O) groups is 2. The van der Waals surface area contributed by atoms with Gasteiger partial charge < -0.3 is 19.5 Å². The molecule has 6 nitrogen and oxygen atoms in total. The summed E-state index contributed by atoms with van der Waals surface area (Å²) in [4.78, 5) is 24.7. The summed E-state index contributed by atoms with van der Waals surface area (Å²) in [6.07, 6.45) is -5.03. The summed E-state index contributed by atoms with van der Waals surface area (Å²) < 4.78 is 46.4. The van der Waals surface area contributed by atoms with Crippen molar-refractivity contribution in [2.75, 3.05) is 19.8 Å². The highest BCUT2D eigenvalue weighted by Gasteiger charge is 2.32. The highest BCUT2D eigenvalue weighted by molar-refractivity contribution is 5.78. The number of aliphatic carboxylic acids is 1. The number of hydrogen-bond donors (Lipinski definition) is 1. The van der Waals surface area contributed by atoms with Gasteiger partial charge in [-0.05, 0) is 18.1 Å². The third kappa shape index (κ3) is 5.93. The predicted octanol–water partition coefficient (Wildman–Crippen LogP) is 2.22. The van der Waals surface area contributed by atoms with E-state index in [0.717, 1.165) is 0 Å². The Kier molecular flexibility index (Phi) is 6.24. The van der Waals surface area contributed by atoms with Crippen LogP contribution in [0.5, 0.6) is 5.75 Å². The lowest BCUT2D eigenvalue weighted by Gasteiger charge is -2.35. The monoisotopic (exact) mass is 361 g/mol. The second-order valence-corrected chi connectivity index (χ2v) is 5.57. The van der Waals surface area contributed by atoms with Crippen molar-refractivity contribution >= 4 is 11.9 Å². The second-order valence-electron chi connectivity index (χ2n) is 5.57. The lowest BCUT2D eigenvalue weighted by atomic mass is 10.1. The fourth-order valence-corrected chi connectivity index (χ4v) is 2.67. The number of carbonyl (C=O) groups excluding carboxylic acids is 1. The van der Waals surface area contributed by atoms with Gasteiger partial charge in [-0.15, -0.1) is 13.2 Å². The standard InChI is InChI=1S/C16H18F3NO5/c17-16(18,19)25-13-4-2-1-3-11(13)5-6-14(21)20-7-8-24-10-12(20)9-15(22)23/h1-4,12H,5-10H2,(H,22,23). The maximum atomic E-state index is 12.4. The second kappa shape index (κ2) is 8.19. The Labute approximate surface area is 142 Å². The zero-order valence-electron chi connectivity index (χ0n) is 13.3. The molecule has 1 aromatic carbocycles. The molecule has 1 amide bonds. The number of alkyl halides is 3. The van der Waals surface area contributed by atoms with Gasteiger partial charge in [0.1, 0.15) is 5.75 Å². The van der Waals surface area contributed by atoms with Crippen molar-refractivity contribution in [2.45, 2.75) is 31.7 Å². The fraction of sp³-hybridized carbons (Fsp3) is 0.500. The number of hydrogen-bond acceptors (Lipinski definition) is 4. The van der Waals surface area contributed by atoms with Crippen LogP contribution in [-0.2, 0) is 20.7 Å². The van der Waals surface area contributed by atoms with E-state index < -0.39 is 18.4 Å². The van der Waals surface area contributed by atoms with Crippen LogP contribution in [0.2, 0.25) is 0 Å². The van der Waals surface area contributed by atoms with Crippen LogP contribution in [0.15, 0.2) is 24.3 Å². The van der Waals surface area contributed by atoms with Gasteiger partial charge in [0.25, 0.3) is 0 Å². The molecule has 9 heteroatoms. The largest absolute Gasteiger partial charge is 0.573 e. The van der Waals surface area contributed by atoms with Crippen molar-refractivity contribution in [3.8, 4) is 5.75 Å². The lowest BCUT2D eigenvalue weighted by Crippen LogP contribution is -2.49. The number of amides is 1. The van der Waals surface area contributed by atoms with Crippen molar-refractivity contribution in [3.63, 3.8) is 0 Å². The first-order valence-corrected chi connectivity index (χ1v) is 7.69. The van der Waals surface area contributed by atoms with Gasteiger partial charge >= 0.3 is 12.3 Å². The minimum Gasteiger partial charge on any atom is -0.481 e. The third-order valence-electron chi connectivity index (χ3n) is 3.76. The van der Waals surface area contributed by atoms with Crippen molar-refractivity contribution in [1.82, 2.24) is 4.90 Å². The van der Waals surface area contributed by atoms with Gasteiger partial charge in [0.2, 0.25) is 5.91 Å². The van der Waals surface area contributed by atoms with Gasteiger partial charge in [0.05, 0.1) is 25.7 Å². The maximum absolute atomic E-state index is 12.4. The first-order valence-electron chi connectivity index (χ1n) is 7.69. The molecule has 1 N–H and O–H groups in total. The van der Waals surface area contributed by atoms with E-state index in [1.807, 2.05) is 0 Å². The van der Waals surface area contributed by atoms with E-state index in [9.17, 15) is 22.8 Å². The molecule has 1 fully saturated rings. The summed E-state index contributed by atoms with van der Waals surface area (Å²) >= 11 is 0. The topological polar surface area (TPSA) is 76.1 Å². The first-order chi connectivity index (χ1) is 11.8. The molecule has 0 bridgehead atoms. The molecule has 1 unspecified atom stereocenters. The van der Waals surface area contributed by atoms with E-state index in [-0.39, 0.29) is 49.6 Å². The summed E-state index contributed by atoms with van der Waals surface area (Å²) in [7, 11) is 0. The molecule has 1 aliphatic rings. The summed E-state index contributed by atoms with van der Waals surface area (Å²) in [5.41, 5.74) is 0.260. The Bertz CT molecular complexity index is 620. The number of aryl methyl sites for hydroxylation is 1. The van der Waals surface area contributed by atoms with Gasteiger partial charge in [-0.2, -0.15) is 0 Å². The van der Waals surface area contributed by atoms with Crippen molar-refractivity contribution in [1.29, 1.82) is 0 Å². The molecule has 1 aromatic rings. The number of carboxylic acids is 1. The molecular formula is C16H18F3NO5. The molecular weight excluding hydrogens is 343 g/mol. The molecule has 0 saturated carbocycles. The molecule has 138 valence electrons. The first kappa shape index (κ1) is 19.0. The number of rotatable bonds is 6. The highest BCUT2D eigenvalue weighted by Crippen LogP contribution is 2.27. The molecule has 1 atom stereocenters. The van der Waals surface area contributed by atoms with Gasteiger partial charge in [-0.25, -0.2) is 0 Å². The molecule has 0 aliphatic carbocycles. The van der Waals surface area contributed by atoms with Gasteiger partial charge in [-0.1, -0.05) is 18.2 Å². The summed E-state index contributed by atoms with van der Waals surface area (Å²) in [6, 6.07) is 5.06. The third-order valence-corrected chi connectivity index (χ3v) is 3.76. The average Bonchev–Trinajstić information content (AvgIpc) is 2.52. The van der Waals surface area contributed by atoms with Crippen molar-refractivity contribution < 1.29 is 37.3 Å². The van der Waals surface area contributed by atoms with Gasteiger partial charge in [0.15, 0.2) is 0 Å². The van der Waals surface area contributed by atoms with E-state index in [0.29, 0.717) is 6.61 Å². The minimum absolute atomic E-state index is 0.0473. The summed E-state index contributed by atoms with van der Waals surface area (Å²) in [6.45, 7) is 0.693. The smallest absolute Gasteiger partial charge is 0.481 e. The molecule has 0 radical (unpaired) electrons. The van der Waals surface area contributed by atoms with E-state index in [1.165, 1.54) is 23.1 Å². The summed E-state index contributed by atoms with van der Waals surface area (Å²) in [5.74, 6) is -1.71. The highest BCUT2D eigenvalue weighted by atomic mass is 19.4. The normalized spacial score (nSPS) is 18.0. The number of para-hydroxylation sites is 1. The summed E-state index contributed by atoms with van der Waals surface area (Å²) in [5, 5.41) is 8.90. The van der Waals surface area contributed by atoms with E-state index in [4.69, 9.17) is 9.84 Å². The number of carboxylic acid groups (broad SMARTS) is 1. The maximum Gasteiger partial charge on any atom is 0.573 e. The molecule has 1 heterocycles. The van der Waals surface area contributed by atoms with Crippen LogP contribution in [0.25, 0.3) is 0 Å². The van der Waals surface area contributed by atoms with Crippen LogP contribution >= 0.6 is 0 Å². The number of halogens is 3. The van der Waals surface area contributed by atoms with Crippen molar-refractivity contribution in [2.24, 2.45) is 0 Å². The predicted molar refractivity (Wildman–Crippen MR) is 80.0 cm³/mol. The van der Waals surface area contributed by atoms with Crippen LogP contribution < -0.4 is 4.74 Å². The van der Waals surface area contributed by atoms with Gasteiger partial charge in [0, 0.05) is 13.0 Å². The van der Waals surface area contributed by atoms with Crippen LogP contribution in [0.3, 0.4) is 0 Å². The number of nitrogens with zero attached hydrogens (tertiary/aromatic N) is 1. The van der Waals surface area contributed by atoms with Crippen LogP contribution in [-0.4, -0.2) is 54.0 Å². The zero-order chi connectivity index (χ0) is 18.4. The lowest BCUT2D eigenvalue weighted by molar-refractivity contribution is -0.274. The fourth-order valence-electron chi connectivity index (χ4n) is 2.67. The molecule has 25 heavy (non-hydrogen) atoms. The Morgan fingerprint density at radius 1 is 1.32 bits per heavy atom. The SMILES string of the molecule is O=C(O)CC1COCCN1C(=O)CCc1ccccc1OC(F)(F)F. The Morgan fingerprint density at radius 2 is 2.04 bits per heavy atom. The van der Waals surface area contributed by atoms with Crippen molar-refractivity contribution in [3.05, 3.63) is 29.8 Å². The van der Waals surface area contributed by atoms with E-state index in [1.54, 1.807) is 6.07 Å². The Balaban J connectivity index is 2.00. The van der Waals surface area contributed by atoms with E-state index >= 15 is 0 Å². The Morgan fingerprint density at radius 3 is 2.72 bits per heavy atom. The molecule has 1 saturated heterocycles. The molecule has 1 aliphatic heterocycles. The van der Waals surface area contributed by atoms with E-state index in [2.05, 4.69) is 4.74 Å². The molecule has 0 aromatic heterocycles. The average molecular weight is 361 g/mol. The number of benzene rings is 1. The minimum atomic E-state index is -4.81. The Hall–Kier alpha value is -2.29. The number of morpholine rings is 1. The zero-order valence-corrected chi connectivity index (χ0v) is 13.3.